The summed E-state index contributed by atoms with van der Waals surface area (Å²) in [6, 6.07) is 12.4. The van der Waals surface area contributed by atoms with Crippen molar-refractivity contribution in [2.45, 2.75) is 26.6 Å². The van der Waals surface area contributed by atoms with Crippen LogP contribution in [0.2, 0.25) is 0 Å². The van der Waals surface area contributed by atoms with Gasteiger partial charge in [-0.2, -0.15) is 0 Å². The molecule has 24 heavy (non-hydrogen) atoms. The van der Waals surface area contributed by atoms with Crippen LogP contribution < -0.4 is 10.6 Å². The minimum absolute atomic E-state index is 0. The molecule has 0 aliphatic heterocycles. The van der Waals surface area contributed by atoms with E-state index in [0.29, 0.717) is 13.1 Å². The number of rotatable bonds is 7. The molecule has 0 unspecified atom stereocenters. The number of guanidine groups is 1. The molecule has 0 radical (unpaired) electrons. The van der Waals surface area contributed by atoms with Crippen LogP contribution in [0.4, 0.5) is 0 Å². The Morgan fingerprint density at radius 1 is 1.12 bits per heavy atom. The zero-order valence-corrected chi connectivity index (χ0v) is 16.9. The monoisotopic (exact) mass is 442 g/mol. The highest BCUT2D eigenvalue weighted by Gasteiger charge is 2.01. The first kappa shape index (κ1) is 20.5. The fourth-order valence-electron chi connectivity index (χ4n) is 2.29. The van der Waals surface area contributed by atoms with Crippen molar-refractivity contribution in [3.05, 3.63) is 59.5 Å². The largest absolute Gasteiger partial charge is 0.467 e. The second-order valence-electron chi connectivity index (χ2n) is 5.69. The van der Waals surface area contributed by atoms with Crippen LogP contribution in [0.15, 0.2) is 52.1 Å². The van der Waals surface area contributed by atoms with Gasteiger partial charge in [-0.05, 0) is 44.3 Å². The Balaban J connectivity index is 0.00000288. The molecule has 0 atom stereocenters. The molecule has 2 rings (SSSR count). The molecule has 0 bridgehead atoms. The molecule has 0 spiro atoms. The van der Waals surface area contributed by atoms with E-state index < -0.39 is 0 Å². The molecule has 1 aromatic heterocycles. The van der Waals surface area contributed by atoms with Gasteiger partial charge in [0.15, 0.2) is 5.96 Å². The normalized spacial score (nSPS) is 11.2. The second-order valence-corrected chi connectivity index (χ2v) is 5.69. The van der Waals surface area contributed by atoms with Crippen LogP contribution in [0, 0.1) is 0 Å². The predicted octanol–water partition coefficient (Wildman–Crippen LogP) is 3.21. The van der Waals surface area contributed by atoms with Crippen molar-refractivity contribution >= 4 is 29.9 Å². The Morgan fingerprint density at radius 3 is 2.58 bits per heavy atom. The lowest BCUT2D eigenvalue weighted by Gasteiger charge is -2.12. The Hall–Kier alpha value is -1.54. The molecule has 5 nitrogen and oxygen atoms in total. The molecule has 1 heterocycles. The van der Waals surface area contributed by atoms with Crippen molar-refractivity contribution in [3.8, 4) is 0 Å². The standard InChI is InChI=1S/C18H26N4O.HI/c1-4-19-18(21-13-17-9-6-10-23-17)20-12-15-7-5-8-16(11-15)14-22(2)3;/h5-11H,4,12-14H2,1-3H3,(H2,19,20,21);1H. The van der Waals surface area contributed by atoms with E-state index in [9.17, 15) is 0 Å². The molecule has 2 aromatic rings. The molecule has 0 saturated heterocycles. The lowest BCUT2D eigenvalue weighted by Crippen LogP contribution is -2.36. The van der Waals surface area contributed by atoms with Gasteiger partial charge in [0.1, 0.15) is 5.76 Å². The highest BCUT2D eigenvalue weighted by atomic mass is 127. The van der Waals surface area contributed by atoms with Gasteiger partial charge in [-0.15, -0.1) is 24.0 Å². The summed E-state index contributed by atoms with van der Waals surface area (Å²) >= 11 is 0. The summed E-state index contributed by atoms with van der Waals surface area (Å²) in [7, 11) is 4.15. The first-order valence-corrected chi connectivity index (χ1v) is 7.94. The van der Waals surface area contributed by atoms with Crippen molar-refractivity contribution in [2.24, 2.45) is 4.99 Å². The van der Waals surface area contributed by atoms with Gasteiger partial charge in [-0.3, -0.25) is 0 Å². The summed E-state index contributed by atoms with van der Waals surface area (Å²) in [4.78, 5) is 6.81. The molecular formula is C18H27IN4O. The van der Waals surface area contributed by atoms with Crippen molar-refractivity contribution < 1.29 is 4.42 Å². The molecule has 0 aliphatic rings. The quantitative estimate of drug-likeness (QED) is 0.393. The topological polar surface area (TPSA) is 52.8 Å². The lowest BCUT2D eigenvalue weighted by atomic mass is 10.1. The summed E-state index contributed by atoms with van der Waals surface area (Å²) in [5.41, 5.74) is 2.51. The molecule has 0 fully saturated rings. The van der Waals surface area contributed by atoms with Crippen LogP contribution in [0.1, 0.15) is 23.8 Å². The number of aliphatic imine (C=N–C) groups is 1. The molecule has 2 N–H and O–H groups in total. The highest BCUT2D eigenvalue weighted by molar-refractivity contribution is 14.0. The number of hydrogen-bond acceptors (Lipinski definition) is 3. The van der Waals surface area contributed by atoms with E-state index >= 15 is 0 Å². The molecule has 1 aromatic carbocycles. The maximum Gasteiger partial charge on any atom is 0.191 e. The number of nitrogens with zero attached hydrogens (tertiary/aromatic N) is 2. The Kier molecular flexibility index (Phi) is 9.48. The molecule has 6 heteroatoms. The zero-order valence-electron chi connectivity index (χ0n) is 14.6. The number of halogens is 1. The van der Waals surface area contributed by atoms with Gasteiger partial charge < -0.3 is 20.0 Å². The third-order valence-electron chi connectivity index (χ3n) is 3.26. The maximum atomic E-state index is 5.33. The van der Waals surface area contributed by atoms with Gasteiger partial charge in [0.25, 0.3) is 0 Å². The van der Waals surface area contributed by atoms with E-state index in [1.54, 1.807) is 6.26 Å². The summed E-state index contributed by atoms with van der Waals surface area (Å²) in [5, 5.41) is 6.53. The van der Waals surface area contributed by atoms with Crippen molar-refractivity contribution in [2.75, 3.05) is 20.6 Å². The Morgan fingerprint density at radius 2 is 1.92 bits per heavy atom. The first-order valence-electron chi connectivity index (χ1n) is 7.94. The summed E-state index contributed by atoms with van der Waals surface area (Å²) in [6.07, 6.45) is 1.68. The van der Waals surface area contributed by atoms with Gasteiger partial charge in [-0.25, -0.2) is 4.99 Å². The molecule has 132 valence electrons. The number of benzene rings is 1. The number of furan rings is 1. The maximum absolute atomic E-state index is 5.33. The van der Waals surface area contributed by atoms with Crippen LogP contribution in [-0.2, 0) is 19.6 Å². The van der Waals surface area contributed by atoms with Crippen LogP contribution in [0.3, 0.4) is 0 Å². The van der Waals surface area contributed by atoms with Crippen LogP contribution >= 0.6 is 24.0 Å². The molecule has 0 amide bonds. The number of hydrogen-bond donors (Lipinski definition) is 2. The summed E-state index contributed by atoms with van der Waals surface area (Å²) in [5.74, 6) is 1.69. The van der Waals surface area contributed by atoms with Gasteiger partial charge in [-0.1, -0.05) is 24.3 Å². The van der Waals surface area contributed by atoms with Gasteiger partial charge in [0.05, 0.1) is 19.4 Å². The van der Waals surface area contributed by atoms with Gasteiger partial charge in [0.2, 0.25) is 0 Å². The SMILES string of the molecule is CCNC(=NCc1cccc(CN(C)C)c1)NCc1ccco1.I. The van der Waals surface area contributed by atoms with E-state index in [2.05, 4.69) is 65.8 Å². The van der Waals surface area contributed by atoms with Crippen LogP contribution in [-0.4, -0.2) is 31.5 Å². The van der Waals surface area contributed by atoms with Crippen molar-refractivity contribution in [3.63, 3.8) is 0 Å². The lowest BCUT2D eigenvalue weighted by molar-refractivity contribution is 0.402. The van der Waals surface area contributed by atoms with E-state index in [4.69, 9.17) is 4.42 Å². The Bertz CT molecular complexity index is 611. The number of nitrogens with one attached hydrogen (secondary N) is 2. The first-order chi connectivity index (χ1) is 11.2. The van der Waals surface area contributed by atoms with Gasteiger partial charge in [0, 0.05) is 13.1 Å². The second kappa shape index (κ2) is 11.1. The van der Waals surface area contributed by atoms with Crippen molar-refractivity contribution in [1.82, 2.24) is 15.5 Å². The van der Waals surface area contributed by atoms with E-state index in [1.165, 1.54) is 11.1 Å². The van der Waals surface area contributed by atoms with E-state index in [1.807, 2.05) is 12.1 Å². The third-order valence-corrected chi connectivity index (χ3v) is 3.26. The zero-order chi connectivity index (χ0) is 16.5. The fourth-order valence-corrected chi connectivity index (χ4v) is 2.29. The van der Waals surface area contributed by atoms with Crippen molar-refractivity contribution in [1.29, 1.82) is 0 Å². The predicted molar refractivity (Wildman–Crippen MR) is 110 cm³/mol. The van der Waals surface area contributed by atoms with E-state index in [-0.39, 0.29) is 24.0 Å². The Labute approximate surface area is 161 Å². The minimum atomic E-state index is 0. The molecule has 0 aliphatic carbocycles. The third kappa shape index (κ3) is 7.35. The molecular weight excluding hydrogens is 415 g/mol. The summed E-state index contributed by atoms with van der Waals surface area (Å²) in [6.45, 7) is 5.09. The van der Waals surface area contributed by atoms with E-state index in [0.717, 1.165) is 24.8 Å². The summed E-state index contributed by atoms with van der Waals surface area (Å²) < 4.78 is 5.33. The fraction of sp³-hybridized carbons (Fsp3) is 0.389. The minimum Gasteiger partial charge on any atom is -0.467 e. The smallest absolute Gasteiger partial charge is 0.191 e. The molecule has 0 saturated carbocycles. The van der Waals surface area contributed by atoms with Crippen LogP contribution in [0.25, 0.3) is 0 Å². The average Bonchev–Trinajstić information content (AvgIpc) is 3.03. The average molecular weight is 442 g/mol. The van der Waals surface area contributed by atoms with Crippen LogP contribution in [0.5, 0.6) is 0 Å². The van der Waals surface area contributed by atoms with Gasteiger partial charge >= 0.3 is 0 Å². The highest BCUT2D eigenvalue weighted by Crippen LogP contribution is 2.08.